The van der Waals surface area contributed by atoms with E-state index in [1.165, 1.54) is 0 Å². The lowest BCUT2D eigenvalue weighted by Crippen LogP contribution is -2.29. The molecule has 0 radical (unpaired) electrons. The monoisotopic (exact) mass is 285 g/mol. The van der Waals surface area contributed by atoms with Crippen molar-refractivity contribution in [2.75, 3.05) is 13.7 Å². The van der Waals surface area contributed by atoms with Gasteiger partial charge in [0, 0.05) is 31.5 Å². The van der Waals surface area contributed by atoms with Gasteiger partial charge in [-0.05, 0) is 23.5 Å². The second kappa shape index (κ2) is 6.32. The SMILES string of the molecule is CN(Cc1ccccc1C#CCCO)C(=O)C1CC1(C)C. The van der Waals surface area contributed by atoms with Crippen LogP contribution in [-0.4, -0.2) is 29.6 Å². The van der Waals surface area contributed by atoms with Gasteiger partial charge in [0.2, 0.25) is 5.91 Å². The molecule has 21 heavy (non-hydrogen) atoms. The van der Waals surface area contributed by atoms with E-state index in [9.17, 15) is 4.79 Å². The van der Waals surface area contributed by atoms with Crippen molar-refractivity contribution in [2.24, 2.45) is 11.3 Å². The van der Waals surface area contributed by atoms with Crippen LogP contribution in [0.1, 0.15) is 37.8 Å². The van der Waals surface area contributed by atoms with Crippen LogP contribution in [-0.2, 0) is 11.3 Å². The summed E-state index contributed by atoms with van der Waals surface area (Å²) in [5.41, 5.74) is 2.14. The summed E-state index contributed by atoms with van der Waals surface area (Å²) < 4.78 is 0. The van der Waals surface area contributed by atoms with E-state index in [4.69, 9.17) is 5.11 Å². The summed E-state index contributed by atoms with van der Waals surface area (Å²) >= 11 is 0. The molecule has 112 valence electrons. The first-order chi connectivity index (χ1) is 9.95. The van der Waals surface area contributed by atoms with Crippen molar-refractivity contribution in [1.29, 1.82) is 0 Å². The molecule has 1 saturated carbocycles. The lowest BCUT2D eigenvalue weighted by molar-refractivity contribution is -0.132. The highest BCUT2D eigenvalue weighted by Crippen LogP contribution is 2.52. The molecule has 0 aromatic heterocycles. The smallest absolute Gasteiger partial charge is 0.226 e. The number of aliphatic hydroxyl groups excluding tert-OH is 1. The molecule has 1 unspecified atom stereocenters. The van der Waals surface area contributed by atoms with Gasteiger partial charge in [-0.1, -0.05) is 43.9 Å². The normalized spacial score (nSPS) is 18.6. The Bertz CT molecular complexity index is 580. The van der Waals surface area contributed by atoms with Crippen molar-refractivity contribution in [1.82, 2.24) is 4.90 Å². The van der Waals surface area contributed by atoms with Crippen molar-refractivity contribution in [3.63, 3.8) is 0 Å². The summed E-state index contributed by atoms with van der Waals surface area (Å²) in [6.07, 6.45) is 1.45. The van der Waals surface area contributed by atoms with Crippen LogP contribution in [0.15, 0.2) is 24.3 Å². The molecule has 0 spiro atoms. The number of rotatable bonds is 4. The van der Waals surface area contributed by atoms with Gasteiger partial charge >= 0.3 is 0 Å². The Hall–Kier alpha value is -1.79. The Balaban J connectivity index is 2.06. The lowest BCUT2D eigenvalue weighted by atomic mass is 10.1. The average Bonchev–Trinajstić information content (AvgIpc) is 3.09. The van der Waals surface area contributed by atoms with Crippen LogP contribution in [0.5, 0.6) is 0 Å². The molecule has 0 aliphatic heterocycles. The maximum Gasteiger partial charge on any atom is 0.226 e. The van der Waals surface area contributed by atoms with E-state index in [-0.39, 0.29) is 23.8 Å². The summed E-state index contributed by atoms with van der Waals surface area (Å²) in [5, 5.41) is 8.79. The molecular formula is C18H23NO2. The average molecular weight is 285 g/mol. The standard InChI is InChI=1S/C18H23NO2/c1-18(2)12-16(18)17(21)19(3)13-15-10-5-4-8-14(15)9-6-7-11-20/h4-5,8,10,16,20H,7,11-13H2,1-3H3. The van der Waals surface area contributed by atoms with Gasteiger partial charge in [0.1, 0.15) is 0 Å². The maximum absolute atomic E-state index is 12.4. The fraction of sp³-hybridized carbons (Fsp3) is 0.500. The molecule has 1 fully saturated rings. The Morgan fingerprint density at radius 2 is 2.10 bits per heavy atom. The topological polar surface area (TPSA) is 40.5 Å². The Morgan fingerprint density at radius 3 is 2.71 bits per heavy atom. The summed E-state index contributed by atoms with van der Waals surface area (Å²) in [4.78, 5) is 14.2. The summed E-state index contributed by atoms with van der Waals surface area (Å²) in [6.45, 7) is 4.93. The maximum atomic E-state index is 12.4. The predicted octanol–water partition coefficient (Wildman–Crippen LogP) is 2.43. The molecule has 0 heterocycles. The van der Waals surface area contributed by atoms with Crippen LogP contribution in [0.3, 0.4) is 0 Å². The number of hydrogen-bond donors (Lipinski definition) is 1. The van der Waals surface area contributed by atoms with E-state index in [0.29, 0.717) is 13.0 Å². The van der Waals surface area contributed by atoms with E-state index >= 15 is 0 Å². The van der Waals surface area contributed by atoms with Gasteiger partial charge in [0.25, 0.3) is 0 Å². The first kappa shape index (κ1) is 15.6. The van der Waals surface area contributed by atoms with Gasteiger partial charge in [-0.15, -0.1) is 0 Å². The molecule has 1 aliphatic carbocycles. The molecule has 0 bridgehead atoms. The predicted molar refractivity (Wildman–Crippen MR) is 83.4 cm³/mol. The highest BCUT2D eigenvalue weighted by molar-refractivity contribution is 5.82. The van der Waals surface area contributed by atoms with E-state index in [2.05, 4.69) is 25.7 Å². The molecule has 2 rings (SSSR count). The highest BCUT2D eigenvalue weighted by Gasteiger charge is 2.51. The zero-order valence-corrected chi connectivity index (χ0v) is 13.0. The summed E-state index contributed by atoms with van der Waals surface area (Å²) in [7, 11) is 1.86. The van der Waals surface area contributed by atoms with Crippen LogP contribution in [0.4, 0.5) is 0 Å². The number of aliphatic hydroxyl groups is 1. The fourth-order valence-electron chi connectivity index (χ4n) is 2.48. The van der Waals surface area contributed by atoms with Crippen molar-refractivity contribution in [3.8, 4) is 11.8 Å². The van der Waals surface area contributed by atoms with Gasteiger partial charge < -0.3 is 10.0 Å². The molecule has 1 amide bonds. The van der Waals surface area contributed by atoms with Gasteiger partial charge in [-0.3, -0.25) is 4.79 Å². The van der Waals surface area contributed by atoms with Crippen molar-refractivity contribution in [2.45, 2.75) is 33.2 Å². The Morgan fingerprint density at radius 1 is 1.43 bits per heavy atom. The van der Waals surface area contributed by atoms with E-state index in [1.54, 1.807) is 4.90 Å². The Labute approximate surface area is 127 Å². The third-order valence-corrected chi connectivity index (χ3v) is 4.07. The quantitative estimate of drug-likeness (QED) is 0.863. The van der Waals surface area contributed by atoms with Crippen molar-refractivity contribution in [3.05, 3.63) is 35.4 Å². The number of carbonyl (C=O) groups excluding carboxylic acids is 1. The van der Waals surface area contributed by atoms with E-state index < -0.39 is 0 Å². The largest absolute Gasteiger partial charge is 0.395 e. The number of amides is 1. The molecular weight excluding hydrogens is 262 g/mol. The second-order valence-electron chi connectivity index (χ2n) is 6.37. The van der Waals surface area contributed by atoms with Crippen LogP contribution in [0.25, 0.3) is 0 Å². The molecule has 1 aromatic carbocycles. The van der Waals surface area contributed by atoms with Crippen LogP contribution in [0, 0.1) is 23.2 Å². The molecule has 3 heteroatoms. The van der Waals surface area contributed by atoms with Gasteiger partial charge in [0.15, 0.2) is 0 Å². The van der Waals surface area contributed by atoms with Crippen LogP contribution in [0.2, 0.25) is 0 Å². The van der Waals surface area contributed by atoms with Gasteiger partial charge in [0.05, 0.1) is 6.61 Å². The van der Waals surface area contributed by atoms with Crippen molar-refractivity contribution < 1.29 is 9.90 Å². The molecule has 1 atom stereocenters. The lowest BCUT2D eigenvalue weighted by Gasteiger charge is -2.19. The van der Waals surface area contributed by atoms with E-state index in [0.717, 1.165) is 17.5 Å². The Kier molecular flexibility index (Phi) is 4.69. The number of carbonyl (C=O) groups is 1. The third-order valence-electron chi connectivity index (χ3n) is 4.07. The fourth-order valence-corrected chi connectivity index (χ4v) is 2.48. The number of hydrogen-bond acceptors (Lipinski definition) is 2. The highest BCUT2D eigenvalue weighted by atomic mass is 16.2. The molecule has 1 N–H and O–H groups in total. The number of benzene rings is 1. The summed E-state index contributed by atoms with van der Waals surface area (Å²) in [6, 6.07) is 7.87. The minimum absolute atomic E-state index is 0.0737. The van der Waals surface area contributed by atoms with Crippen LogP contribution >= 0.6 is 0 Å². The zero-order chi connectivity index (χ0) is 15.5. The minimum Gasteiger partial charge on any atom is -0.395 e. The van der Waals surface area contributed by atoms with Gasteiger partial charge in [-0.25, -0.2) is 0 Å². The molecule has 1 aliphatic rings. The zero-order valence-electron chi connectivity index (χ0n) is 13.0. The third kappa shape index (κ3) is 3.86. The summed E-state index contributed by atoms with van der Waals surface area (Å²) in [5.74, 6) is 6.39. The minimum atomic E-state index is 0.0737. The van der Waals surface area contributed by atoms with E-state index in [1.807, 2.05) is 31.3 Å². The molecule has 3 nitrogen and oxygen atoms in total. The van der Waals surface area contributed by atoms with Crippen molar-refractivity contribution >= 4 is 5.91 Å². The van der Waals surface area contributed by atoms with Crippen LogP contribution < -0.4 is 0 Å². The second-order valence-corrected chi connectivity index (χ2v) is 6.37. The first-order valence-corrected chi connectivity index (χ1v) is 7.38. The molecule has 0 saturated heterocycles. The van der Waals surface area contributed by atoms with Gasteiger partial charge in [-0.2, -0.15) is 0 Å². The number of nitrogens with zero attached hydrogens (tertiary/aromatic N) is 1. The first-order valence-electron chi connectivity index (χ1n) is 7.38. The molecule has 1 aromatic rings.